The molecule has 132 valence electrons. The van der Waals surface area contributed by atoms with Gasteiger partial charge in [-0.15, -0.1) is 11.8 Å². The van der Waals surface area contributed by atoms with Crippen molar-refractivity contribution in [2.45, 2.75) is 31.2 Å². The molecule has 3 rings (SSSR count). The SMILES string of the molecule is CC1(C)SC[C@@H](C(=O)NCc2cc(-c3cccc(F)c3)no2)NC1=O. The van der Waals surface area contributed by atoms with Crippen molar-refractivity contribution in [1.82, 2.24) is 15.8 Å². The molecular weight excluding hydrogens is 345 g/mol. The Morgan fingerprint density at radius 2 is 2.28 bits per heavy atom. The predicted molar refractivity (Wildman–Crippen MR) is 92.2 cm³/mol. The normalized spacial score (nSPS) is 19.3. The summed E-state index contributed by atoms with van der Waals surface area (Å²) < 4.78 is 17.9. The zero-order valence-corrected chi connectivity index (χ0v) is 14.7. The highest BCUT2D eigenvalue weighted by molar-refractivity contribution is 8.01. The molecule has 8 heteroatoms. The molecule has 0 unspecified atom stereocenters. The first-order valence-corrected chi connectivity index (χ1v) is 8.78. The van der Waals surface area contributed by atoms with Crippen LogP contribution in [0.3, 0.4) is 0 Å². The molecular formula is C17H18FN3O3S. The van der Waals surface area contributed by atoms with Crippen LogP contribution < -0.4 is 10.6 Å². The first kappa shape index (κ1) is 17.5. The number of nitrogens with zero attached hydrogens (tertiary/aromatic N) is 1. The van der Waals surface area contributed by atoms with Gasteiger partial charge in [0.05, 0.1) is 11.3 Å². The van der Waals surface area contributed by atoms with Crippen molar-refractivity contribution in [3.05, 3.63) is 41.9 Å². The predicted octanol–water partition coefficient (Wildman–Crippen LogP) is 2.11. The number of hydrogen-bond donors (Lipinski definition) is 2. The number of aromatic nitrogens is 1. The van der Waals surface area contributed by atoms with Crippen molar-refractivity contribution in [1.29, 1.82) is 0 Å². The lowest BCUT2D eigenvalue weighted by Crippen LogP contribution is -2.56. The lowest BCUT2D eigenvalue weighted by Gasteiger charge is -2.32. The van der Waals surface area contributed by atoms with Gasteiger partial charge in [-0.25, -0.2) is 4.39 Å². The number of rotatable bonds is 4. The van der Waals surface area contributed by atoms with Gasteiger partial charge in [0.25, 0.3) is 0 Å². The number of halogens is 1. The van der Waals surface area contributed by atoms with Crippen LogP contribution in [0.1, 0.15) is 19.6 Å². The van der Waals surface area contributed by atoms with Crippen molar-refractivity contribution in [2.24, 2.45) is 0 Å². The molecule has 1 atom stereocenters. The third kappa shape index (κ3) is 4.01. The van der Waals surface area contributed by atoms with Gasteiger partial charge in [-0.05, 0) is 26.0 Å². The van der Waals surface area contributed by atoms with Gasteiger partial charge in [-0.2, -0.15) is 0 Å². The topological polar surface area (TPSA) is 84.2 Å². The van der Waals surface area contributed by atoms with Crippen molar-refractivity contribution in [2.75, 3.05) is 5.75 Å². The molecule has 2 amide bonds. The van der Waals surface area contributed by atoms with Gasteiger partial charge in [-0.1, -0.05) is 17.3 Å². The standard InChI is InChI=1S/C17H18FN3O3S/c1-17(2)16(23)20-14(9-25-17)15(22)19-8-12-7-13(21-24-12)10-4-3-5-11(18)6-10/h3-7,14H,8-9H2,1-2H3,(H,19,22)(H,20,23)/t14-/m0/s1. The number of benzene rings is 1. The number of nitrogens with one attached hydrogen (secondary N) is 2. The van der Waals surface area contributed by atoms with E-state index in [9.17, 15) is 14.0 Å². The second-order valence-electron chi connectivity index (χ2n) is 6.25. The zero-order chi connectivity index (χ0) is 18.0. The summed E-state index contributed by atoms with van der Waals surface area (Å²) in [6.45, 7) is 3.79. The number of carbonyl (C=O) groups is 2. The molecule has 0 aliphatic carbocycles. The molecule has 1 aliphatic rings. The maximum absolute atomic E-state index is 13.3. The van der Waals surface area contributed by atoms with Crippen LogP contribution in [0.15, 0.2) is 34.9 Å². The van der Waals surface area contributed by atoms with Crippen LogP contribution in [-0.2, 0) is 16.1 Å². The summed E-state index contributed by atoms with van der Waals surface area (Å²) in [6.07, 6.45) is 0. The molecule has 1 aliphatic heterocycles. The summed E-state index contributed by atoms with van der Waals surface area (Å²) in [5.74, 6) is 0.166. The Kier molecular flexibility index (Phi) is 4.80. The van der Waals surface area contributed by atoms with E-state index in [1.807, 2.05) is 13.8 Å². The first-order chi connectivity index (χ1) is 11.8. The highest BCUT2D eigenvalue weighted by Crippen LogP contribution is 2.29. The van der Waals surface area contributed by atoms with Crippen LogP contribution >= 0.6 is 11.8 Å². The molecule has 0 bridgehead atoms. The van der Waals surface area contributed by atoms with Gasteiger partial charge in [-0.3, -0.25) is 9.59 Å². The summed E-state index contributed by atoms with van der Waals surface area (Å²) in [5, 5.41) is 9.32. The monoisotopic (exact) mass is 363 g/mol. The Morgan fingerprint density at radius 3 is 3.00 bits per heavy atom. The van der Waals surface area contributed by atoms with Crippen molar-refractivity contribution < 1.29 is 18.5 Å². The Labute approximate surface area is 148 Å². The summed E-state index contributed by atoms with van der Waals surface area (Å²) in [4.78, 5) is 24.1. The third-order valence-electron chi connectivity index (χ3n) is 3.90. The van der Waals surface area contributed by atoms with E-state index < -0.39 is 10.8 Å². The Morgan fingerprint density at radius 1 is 1.48 bits per heavy atom. The molecule has 6 nitrogen and oxygen atoms in total. The zero-order valence-electron chi connectivity index (χ0n) is 13.8. The van der Waals surface area contributed by atoms with Crippen LogP contribution in [0, 0.1) is 5.82 Å². The molecule has 1 aromatic carbocycles. The fraction of sp³-hybridized carbons (Fsp3) is 0.353. The average molecular weight is 363 g/mol. The van der Waals surface area contributed by atoms with Gasteiger partial charge < -0.3 is 15.2 Å². The Hall–Kier alpha value is -2.35. The molecule has 1 aromatic heterocycles. The van der Waals surface area contributed by atoms with Crippen LogP contribution in [0.4, 0.5) is 4.39 Å². The van der Waals surface area contributed by atoms with Gasteiger partial charge in [0.1, 0.15) is 17.6 Å². The Balaban J connectivity index is 1.57. The van der Waals surface area contributed by atoms with Gasteiger partial charge >= 0.3 is 0 Å². The van der Waals surface area contributed by atoms with E-state index in [-0.39, 0.29) is 24.2 Å². The number of amides is 2. The lowest BCUT2D eigenvalue weighted by molar-refractivity contribution is -0.129. The van der Waals surface area contributed by atoms with Gasteiger partial charge in [0.2, 0.25) is 11.8 Å². The van der Waals surface area contributed by atoms with Crippen molar-refractivity contribution in [3.63, 3.8) is 0 Å². The molecule has 2 heterocycles. The van der Waals surface area contributed by atoms with Crippen LogP contribution in [0.5, 0.6) is 0 Å². The number of thioether (sulfide) groups is 1. The summed E-state index contributed by atoms with van der Waals surface area (Å²) in [7, 11) is 0. The van der Waals surface area contributed by atoms with E-state index in [0.29, 0.717) is 22.8 Å². The highest BCUT2D eigenvalue weighted by Gasteiger charge is 2.37. The fourth-order valence-electron chi connectivity index (χ4n) is 2.35. The van der Waals surface area contributed by atoms with Crippen LogP contribution in [-0.4, -0.2) is 33.5 Å². The average Bonchev–Trinajstić information content (AvgIpc) is 3.04. The molecule has 0 radical (unpaired) electrons. The van der Waals surface area contributed by atoms with Crippen LogP contribution in [0.25, 0.3) is 11.3 Å². The minimum Gasteiger partial charge on any atom is -0.359 e. The van der Waals surface area contributed by atoms with Crippen LogP contribution in [0.2, 0.25) is 0 Å². The van der Waals surface area contributed by atoms with E-state index in [1.54, 1.807) is 18.2 Å². The highest BCUT2D eigenvalue weighted by atomic mass is 32.2. The van der Waals surface area contributed by atoms with Crippen molar-refractivity contribution in [3.8, 4) is 11.3 Å². The lowest BCUT2D eigenvalue weighted by atomic mass is 10.1. The largest absolute Gasteiger partial charge is 0.359 e. The van der Waals surface area contributed by atoms with Crippen molar-refractivity contribution >= 4 is 23.6 Å². The van der Waals surface area contributed by atoms with Gasteiger partial charge in [0.15, 0.2) is 5.76 Å². The number of hydrogen-bond acceptors (Lipinski definition) is 5. The molecule has 1 fully saturated rings. The van der Waals surface area contributed by atoms with E-state index in [2.05, 4.69) is 15.8 Å². The molecule has 25 heavy (non-hydrogen) atoms. The minimum absolute atomic E-state index is 0.140. The molecule has 0 spiro atoms. The van der Waals surface area contributed by atoms with E-state index in [0.717, 1.165) is 0 Å². The first-order valence-electron chi connectivity index (χ1n) is 7.79. The summed E-state index contributed by atoms with van der Waals surface area (Å²) in [6, 6.07) is 7.09. The third-order valence-corrected chi connectivity index (χ3v) is 5.30. The second kappa shape index (κ2) is 6.87. The summed E-state index contributed by atoms with van der Waals surface area (Å²) >= 11 is 1.45. The molecule has 1 saturated heterocycles. The summed E-state index contributed by atoms with van der Waals surface area (Å²) in [5.41, 5.74) is 1.09. The second-order valence-corrected chi connectivity index (χ2v) is 7.90. The maximum atomic E-state index is 13.3. The smallest absolute Gasteiger partial charge is 0.243 e. The van der Waals surface area contributed by atoms with E-state index in [4.69, 9.17) is 4.52 Å². The minimum atomic E-state index is -0.573. The molecule has 0 saturated carbocycles. The fourth-order valence-corrected chi connectivity index (χ4v) is 3.36. The van der Waals surface area contributed by atoms with Gasteiger partial charge in [0, 0.05) is 17.4 Å². The number of carbonyl (C=O) groups excluding carboxylic acids is 2. The Bertz CT molecular complexity index is 806. The van der Waals surface area contributed by atoms with E-state index >= 15 is 0 Å². The molecule has 2 N–H and O–H groups in total. The molecule has 2 aromatic rings. The van der Waals surface area contributed by atoms with E-state index in [1.165, 1.54) is 23.9 Å². The quantitative estimate of drug-likeness (QED) is 0.869. The maximum Gasteiger partial charge on any atom is 0.243 e.